The molecule has 96 valence electrons. The molecule has 1 heterocycles. The summed E-state index contributed by atoms with van der Waals surface area (Å²) in [6, 6.07) is 4.65. The van der Waals surface area contributed by atoms with Crippen molar-refractivity contribution in [3.05, 3.63) is 46.8 Å². The number of hydrogen-bond acceptors (Lipinski definition) is 3. The summed E-state index contributed by atoms with van der Waals surface area (Å²) < 4.78 is 15.4. The minimum absolute atomic E-state index is 0.00687. The normalized spacial score (nSPS) is 12.7. The van der Waals surface area contributed by atoms with Crippen molar-refractivity contribution in [2.45, 2.75) is 19.5 Å². The summed E-state index contributed by atoms with van der Waals surface area (Å²) in [6.45, 7) is 2.37. The molecular weight excluding hydrogens is 255 g/mol. The van der Waals surface area contributed by atoms with Crippen molar-refractivity contribution in [1.29, 1.82) is 0 Å². The van der Waals surface area contributed by atoms with E-state index in [4.69, 9.17) is 11.6 Å². The van der Waals surface area contributed by atoms with Crippen molar-refractivity contribution < 1.29 is 4.39 Å². The maximum absolute atomic E-state index is 13.6. The fourth-order valence-electron chi connectivity index (χ4n) is 1.70. The number of halogens is 2. The Labute approximate surface area is 110 Å². The Morgan fingerprint density at radius 3 is 2.89 bits per heavy atom. The van der Waals surface area contributed by atoms with Gasteiger partial charge in [-0.15, -0.1) is 10.2 Å². The second-order valence-electron chi connectivity index (χ2n) is 4.14. The molecule has 0 radical (unpaired) electrons. The Morgan fingerprint density at radius 2 is 2.28 bits per heavy atom. The lowest BCUT2D eigenvalue weighted by Gasteiger charge is -2.13. The summed E-state index contributed by atoms with van der Waals surface area (Å²) >= 11 is 5.70. The van der Waals surface area contributed by atoms with Gasteiger partial charge < -0.3 is 9.88 Å². The molecule has 1 N–H and O–H groups in total. The van der Waals surface area contributed by atoms with Crippen LogP contribution in [0.3, 0.4) is 0 Å². The third-order valence-electron chi connectivity index (χ3n) is 2.75. The van der Waals surface area contributed by atoms with Gasteiger partial charge in [-0.05, 0) is 19.1 Å². The van der Waals surface area contributed by atoms with Crippen molar-refractivity contribution in [3.63, 3.8) is 0 Å². The van der Waals surface area contributed by atoms with E-state index in [0.717, 1.165) is 5.82 Å². The first-order chi connectivity index (χ1) is 8.58. The topological polar surface area (TPSA) is 42.7 Å². The van der Waals surface area contributed by atoms with Gasteiger partial charge in [0.05, 0.1) is 6.04 Å². The average molecular weight is 269 g/mol. The number of benzene rings is 1. The molecule has 1 aromatic carbocycles. The van der Waals surface area contributed by atoms with Gasteiger partial charge in [-0.3, -0.25) is 0 Å². The molecule has 0 saturated carbocycles. The fourth-order valence-corrected chi connectivity index (χ4v) is 1.86. The lowest BCUT2D eigenvalue weighted by Crippen LogP contribution is -2.21. The zero-order valence-electron chi connectivity index (χ0n) is 10.2. The first-order valence-electron chi connectivity index (χ1n) is 5.59. The maximum atomic E-state index is 13.6. The van der Waals surface area contributed by atoms with E-state index >= 15 is 0 Å². The van der Waals surface area contributed by atoms with Crippen LogP contribution < -0.4 is 5.32 Å². The standard InChI is InChI=1S/C12H14ClFN4/c1-8(12-17-16-7-18(12)2)15-6-9-3-4-10(13)5-11(9)14/h3-5,7-8,15H,6H2,1-2H3. The van der Waals surface area contributed by atoms with Gasteiger partial charge in [0.15, 0.2) is 0 Å². The van der Waals surface area contributed by atoms with Crippen LogP contribution in [0.4, 0.5) is 4.39 Å². The third-order valence-corrected chi connectivity index (χ3v) is 2.98. The minimum atomic E-state index is -0.305. The van der Waals surface area contributed by atoms with Crippen molar-refractivity contribution in [3.8, 4) is 0 Å². The highest BCUT2D eigenvalue weighted by atomic mass is 35.5. The van der Waals surface area contributed by atoms with E-state index in [0.29, 0.717) is 17.1 Å². The molecule has 0 aliphatic carbocycles. The number of aromatic nitrogens is 3. The molecule has 1 unspecified atom stereocenters. The van der Waals surface area contributed by atoms with Gasteiger partial charge in [-0.25, -0.2) is 4.39 Å². The van der Waals surface area contributed by atoms with Crippen LogP contribution in [0.2, 0.25) is 5.02 Å². The molecule has 1 aromatic heterocycles. The van der Waals surface area contributed by atoms with E-state index in [2.05, 4.69) is 15.5 Å². The summed E-state index contributed by atoms with van der Waals surface area (Å²) in [6.07, 6.45) is 1.64. The van der Waals surface area contributed by atoms with Crippen LogP contribution in [-0.4, -0.2) is 14.8 Å². The average Bonchev–Trinajstić information content (AvgIpc) is 2.74. The van der Waals surface area contributed by atoms with Gasteiger partial charge >= 0.3 is 0 Å². The maximum Gasteiger partial charge on any atom is 0.149 e. The van der Waals surface area contributed by atoms with Gasteiger partial charge in [0, 0.05) is 24.2 Å². The quantitative estimate of drug-likeness (QED) is 0.926. The largest absolute Gasteiger partial charge is 0.319 e. The number of hydrogen-bond donors (Lipinski definition) is 1. The first-order valence-corrected chi connectivity index (χ1v) is 5.97. The van der Waals surface area contributed by atoms with Crippen molar-refractivity contribution in [2.75, 3.05) is 0 Å². The third kappa shape index (κ3) is 2.86. The molecular formula is C12H14ClFN4. The summed E-state index contributed by atoms with van der Waals surface area (Å²) in [7, 11) is 1.87. The zero-order chi connectivity index (χ0) is 13.1. The zero-order valence-corrected chi connectivity index (χ0v) is 10.9. The van der Waals surface area contributed by atoms with Crippen LogP contribution in [0.15, 0.2) is 24.5 Å². The predicted octanol–water partition coefficient (Wildman–Crippen LogP) is 2.46. The lowest BCUT2D eigenvalue weighted by atomic mass is 10.2. The smallest absolute Gasteiger partial charge is 0.149 e. The highest BCUT2D eigenvalue weighted by molar-refractivity contribution is 6.30. The first kappa shape index (κ1) is 13.0. The van der Waals surface area contributed by atoms with Crippen molar-refractivity contribution in [1.82, 2.24) is 20.1 Å². The molecule has 6 heteroatoms. The lowest BCUT2D eigenvalue weighted by molar-refractivity contribution is 0.512. The highest BCUT2D eigenvalue weighted by Gasteiger charge is 2.11. The second kappa shape index (κ2) is 5.46. The molecule has 0 spiro atoms. The van der Waals surface area contributed by atoms with Crippen LogP contribution in [0.25, 0.3) is 0 Å². The Kier molecular flexibility index (Phi) is 3.93. The van der Waals surface area contributed by atoms with Crippen LogP contribution in [0.5, 0.6) is 0 Å². The molecule has 0 aliphatic rings. The highest BCUT2D eigenvalue weighted by Crippen LogP contribution is 2.15. The van der Waals surface area contributed by atoms with Crippen LogP contribution in [0.1, 0.15) is 24.4 Å². The van der Waals surface area contributed by atoms with Crippen LogP contribution in [-0.2, 0) is 13.6 Å². The van der Waals surface area contributed by atoms with E-state index < -0.39 is 0 Å². The second-order valence-corrected chi connectivity index (χ2v) is 4.57. The van der Waals surface area contributed by atoms with E-state index in [1.54, 1.807) is 18.5 Å². The molecule has 4 nitrogen and oxygen atoms in total. The number of rotatable bonds is 4. The minimum Gasteiger partial charge on any atom is -0.319 e. The number of aryl methyl sites for hydroxylation is 1. The van der Waals surface area contributed by atoms with Crippen LogP contribution in [0, 0.1) is 5.82 Å². The fraction of sp³-hybridized carbons (Fsp3) is 0.333. The van der Waals surface area contributed by atoms with Gasteiger partial charge in [-0.1, -0.05) is 17.7 Å². The van der Waals surface area contributed by atoms with Gasteiger partial charge in [0.25, 0.3) is 0 Å². The predicted molar refractivity (Wildman–Crippen MR) is 67.7 cm³/mol. The molecule has 0 amide bonds. The van der Waals surface area contributed by atoms with Gasteiger partial charge in [0.1, 0.15) is 18.0 Å². The molecule has 0 fully saturated rings. The molecule has 0 aliphatic heterocycles. The van der Waals surface area contributed by atoms with E-state index in [-0.39, 0.29) is 11.9 Å². The molecule has 0 saturated heterocycles. The Balaban J connectivity index is 2.01. The molecule has 0 bridgehead atoms. The number of nitrogens with zero attached hydrogens (tertiary/aromatic N) is 3. The Morgan fingerprint density at radius 1 is 1.50 bits per heavy atom. The summed E-state index contributed by atoms with van der Waals surface area (Å²) in [4.78, 5) is 0. The van der Waals surface area contributed by atoms with Crippen molar-refractivity contribution in [2.24, 2.45) is 7.05 Å². The molecule has 2 rings (SSSR count). The van der Waals surface area contributed by atoms with E-state index in [1.165, 1.54) is 6.07 Å². The summed E-state index contributed by atoms with van der Waals surface area (Å²) in [5.74, 6) is 0.504. The summed E-state index contributed by atoms with van der Waals surface area (Å²) in [5.41, 5.74) is 0.577. The van der Waals surface area contributed by atoms with Crippen LogP contribution >= 0.6 is 11.6 Å². The SMILES string of the molecule is CC(NCc1ccc(Cl)cc1F)c1nncn1C. The Hall–Kier alpha value is -1.46. The van der Waals surface area contributed by atoms with Gasteiger partial charge in [0.2, 0.25) is 0 Å². The van der Waals surface area contributed by atoms with E-state index in [1.807, 2.05) is 18.5 Å². The van der Waals surface area contributed by atoms with Gasteiger partial charge in [-0.2, -0.15) is 0 Å². The number of nitrogens with one attached hydrogen (secondary N) is 1. The molecule has 2 aromatic rings. The molecule has 18 heavy (non-hydrogen) atoms. The van der Waals surface area contributed by atoms with Crippen molar-refractivity contribution >= 4 is 11.6 Å². The monoisotopic (exact) mass is 268 g/mol. The van der Waals surface area contributed by atoms with E-state index in [9.17, 15) is 4.39 Å². The summed E-state index contributed by atoms with van der Waals surface area (Å²) in [5, 5.41) is 11.4. The Bertz CT molecular complexity index is 541. The molecule has 1 atom stereocenters.